The first-order valence-corrected chi connectivity index (χ1v) is 4.99. The molecule has 0 aromatic rings. The molecular weight excluding hydrogens is 314 g/mol. The summed E-state index contributed by atoms with van der Waals surface area (Å²) < 4.78 is 140. The van der Waals surface area contributed by atoms with E-state index < -0.39 is 39.9 Å². The van der Waals surface area contributed by atoms with Gasteiger partial charge in [-0.25, -0.2) is 13.2 Å². The third kappa shape index (κ3) is 2.36. The van der Waals surface area contributed by atoms with Crippen molar-refractivity contribution < 1.29 is 51.8 Å². The number of halogens is 10. The highest BCUT2D eigenvalue weighted by atomic mass is 32.3. The fraction of sp³-hybridized carbons (Fsp3) is 1.00. The molecule has 0 rings (SSSR count). The first-order chi connectivity index (χ1) is 7.60. The van der Waals surface area contributed by atoms with E-state index in [0.29, 0.717) is 0 Å². The Bertz CT molecular complexity index is 400. The van der Waals surface area contributed by atoms with Crippen molar-refractivity contribution in [2.75, 3.05) is 0 Å². The average Bonchev–Trinajstić information content (AvgIpc) is 2.13. The second kappa shape index (κ2) is 4.42. The van der Waals surface area contributed by atoms with Gasteiger partial charge in [0.05, 0.1) is 0 Å². The molecule has 2 nitrogen and oxygen atoms in total. The monoisotopic (exact) mass is 316 g/mol. The van der Waals surface area contributed by atoms with Crippen LogP contribution in [0.5, 0.6) is 0 Å². The number of hydrogen-bond donors (Lipinski definition) is 0. The Morgan fingerprint density at radius 3 is 1.39 bits per heavy atom. The van der Waals surface area contributed by atoms with Gasteiger partial charge in [0.1, 0.15) is 0 Å². The predicted octanol–water partition coefficient (Wildman–Crippen LogP) is 2.75. The van der Waals surface area contributed by atoms with Gasteiger partial charge in [-0.15, -0.1) is 0 Å². The van der Waals surface area contributed by atoms with Crippen LogP contribution in [0.2, 0.25) is 0 Å². The van der Waals surface area contributed by atoms with Crippen LogP contribution >= 0.6 is 0 Å². The Hall–Kier alpha value is -0.750. The van der Waals surface area contributed by atoms with Crippen LogP contribution in [-0.2, 0) is 10.2 Å². The maximum absolute atomic E-state index is 12.4. The van der Waals surface area contributed by atoms with Gasteiger partial charge in [0.25, 0.3) is 6.43 Å². The minimum atomic E-state index is -7.58. The molecule has 18 heavy (non-hydrogen) atoms. The van der Waals surface area contributed by atoms with Crippen molar-refractivity contribution in [1.29, 1.82) is 0 Å². The normalized spacial score (nSPS) is 17.1. The van der Waals surface area contributed by atoms with E-state index in [4.69, 9.17) is 0 Å². The molecule has 0 aliphatic carbocycles. The van der Waals surface area contributed by atoms with Crippen molar-refractivity contribution in [3.05, 3.63) is 0 Å². The second-order valence-electron chi connectivity index (χ2n) is 2.89. The minimum Gasteiger partial charge on any atom is -0.234 e. The van der Waals surface area contributed by atoms with E-state index >= 15 is 0 Å². The SMILES string of the molecule is O=S(=O)(F)C(F)(F)C(F)(F)C(F)(F)C(F)C(F)F. The van der Waals surface area contributed by atoms with Crippen molar-refractivity contribution in [2.24, 2.45) is 0 Å². The van der Waals surface area contributed by atoms with Crippen LogP contribution in [0, 0.1) is 0 Å². The lowest BCUT2D eigenvalue weighted by Gasteiger charge is -2.31. The van der Waals surface area contributed by atoms with Crippen molar-refractivity contribution >= 4 is 10.2 Å². The molecule has 0 aromatic heterocycles. The molecule has 0 bridgehead atoms. The summed E-state index contributed by atoms with van der Waals surface area (Å²) in [7, 11) is -7.58. The van der Waals surface area contributed by atoms with Crippen LogP contribution in [0.4, 0.5) is 43.4 Å². The fourth-order valence-corrected chi connectivity index (χ4v) is 1.12. The van der Waals surface area contributed by atoms with E-state index in [9.17, 15) is 51.8 Å². The third-order valence-corrected chi connectivity index (χ3v) is 2.53. The largest absolute Gasteiger partial charge is 0.442 e. The number of hydrogen-bond acceptors (Lipinski definition) is 2. The number of rotatable bonds is 5. The maximum atomic E-state index is 12.4. The molecule has 0 aromatic carbocycles. The lowest BCUT2D eigenvalue weighted by molar-refractivity contribution is -0.309. The highest BCUT2D eigenvalue weighted by Gasteiger charge is 2.81. The van der Waals surface area contributed by atoms with Crippen LogP contribution in [-0.4, -0.2) is 38.1 Å². The highest BCUT2D eigenvalue weighted by Crippen LogP contribution is 2.51. The lowest BCUT2D eigenvalue weighted by atomic mass is 10.1. The van der Waals surface area contributed by atoms with E-state index in [2.05, 4.69) is 0 Å². The summed E-state index contributed by atoms with van der Waals surface area (Å²) in [5.41, 5.74) is 0. The minimum absolute atomic E-state index is 4.82. The Labute approximate surface area is 92.8 Å². The molecule has 13 heteroatoms. The average molecular weight is 316 g/mol. The summed E-state index contributed by atoms with van der Waals surface area (Å²) in [6.07, 6.45) is -9.93. The molecule has 0 N–H and O–H groups in total. The van der Waals surface area contributed by atoms with E-state index in [1.807, 2.05) is 0 Å². The fourth-order valence-electron chi connectivity index (χ4n) is 0.679. The molecule has 0 radical (unpaired) electrons. The van der Waals surface area contributed by atoms with Crippen molar-refractivity contribution in [3.63, 3.8) is 0 Å². The van der Waals surface area contributed by atoms with E-state index in [1.165, 1.54) is 0 Å². The maximum Gasteiger partial charge on any atom is 0.442 e. The molecule has 0 saturated heterocycles. The van der Waals surface area contributed by atoms with Crippen LogP contribution in [0.3, 0.4) is 0 Å². The van der Waals surface area contributed by atoms with E-state index in [0.717, 1.165) is 0 Å². The van der Waals surface area contributed by atoms with Crippen LogP contribution in [0.1, 0.15) is 0 Å². The van der Waals surface area contributed by atoms with Crippen molar-refractivity contribution in [3.8, 4) is 0 Å². The van der Waals surface area contributed by atoms with Gasteiger partial charge in [0.15, 0.2) is 0 Å². The van der Waals surface area contributed by atoms with Gasteiger partial charge in [0.2, 0.25) is 6.17 Å². The van der Waals surface area contributed by atoms with Crippen LogP contribution < -0.4 is 0 Å². The molecule has 0 fully saturated rings. The topological polar surface area (TPSA) is 34.1 Å². The van der Waals surface area contributed by atoms with E-state index in [-0.39, 0.29) is 0 Å². The van der Waals surface area contributed by atoms with Crippen LogP contribution in [0.25, 0.3) is 0 Å². The summed E-state index contributed by atoms with van der Waals surface area (Å²) in [5, 5.41) is -7.07. The highest BCUT2D eigenvalue weighted by molar-refractivity contribution is 7.87. The summed E-state index contributed by atoms with van der Waals surface area (Å²) in [4.78, 5) is 0. The summed E-state index contributed by atoms with van der Waals surface area (Å²) in [5.74, 6) is -14.0. The van der Waals surface area contributed by atoms with Crippen LogP contribution in [0.15, 0.2) is 0 Å². The van der Waals surface area contributed by atoms with Gasteiger partial charge in [-0.3, -0.25) is 0 Å². The molecule has 0 spiro atoms. The first kappa shape index (κ1) is 17.2. The van der Waals surface area contributed by atoms with Gasteiger partial charge < -0.3 is 0 Å². The van der Waals surface area contributed by atoms with E-state index in [1.54, 1.807) is 0 Å². The molecular formula is C5H2F10O2S. The Kier molecular flexibility index (Phi) is 4.23. The first-order valence-electron chi connectivity index (χ1n) is 3.60. The van der Waals surface area contributed by atoms with Crippen molar-refractivity contribution in [2.45, 2.75) is 29.7 Å². The molecule has 0 aliphatic rings. The summed E-state index contributed by atoms with van der Waals surface area (Å²) in [6, 6.07) is 0. The smallest absolute Gasteiger partial charge is 0.234 e. The van der Waals surface area contributed by atoms with Gasteiger partial charge in [-0.2, -0.15) is 34.8 Å². The Morgan fingerprint density at radius 1 is 0.833 bits per heavy atom. The predicted molar refractivity (Wildman–Crippen MR) is 35.8 cm³/mol. The quantitative estimate of drug-likeness (QED) is 0.577. The zero-order valence-electron chi connectivity index (χ0n) is 7.66. The standard InChI is InChI=1S/C5H2F10O2S/c6-1(2(7)8)3(9,10)4(11,12)5(13,14)18(15,16)17/h1-2H. The van der Waals surface area contributed by atoms with Gasteiger partial charge >= 0.3 is 27.3 Å². The molecule has 0 heterocycles. The second-order valence-corrected chi connectivity index (χ2v) is 4.28. The van der Waals surface area contributed by atoms with Gasteiger partial charge in [-0.1, -0.05) is 3.89 Å². The molecule has 1 unspecified atom stereocenters. The van der Waals surface area contributed by atoms with Gasteiger partial charge in [-0.05, 0) is 0 Å². The lowest BCUT2D eigenvalue weighted by Crippen LogP contribution is -2.61. The third-order valence-electron chi connectivity index (χ3n) is 1.66. The molecule has 0 amide bonds. The summed E-state index contributed by atoms with van der Waals surface area (Å²) in [6.45, 7) is 0. The Balaban J connectivity index is 5.79. The molecule has 0 saturated carbocycles. The zero-order valence-corrected chi connectivity index (χ0v) is 8.48. The Morgan fingerprint density at radius 2 is 1.17 bits per heavy atom. The molecule has 110 valence electrons. The molecule has 1 atom stereocenters. The zero-order chi connectivity index (χ0) is 15.2. The van der Waals surface area contributed by atoms with Gasteiger partial charge in [0, 0.05) is 0 Å². The molecule has 0 aliphatic heterocycles. The summed E-state index contributed by atoms with van der Waals surface area (Å²) >= 11 is 0. The van der Waals surface area contributed by atoms with Crippen molar-refractivity contribution in [1.82, 2.24) is 0 Å². The number of alkyl halides is 9.